The van der Waals surface area contributed by atoms with Gasteiger partial charge in [-0.2, -0.15) is 5.10 Å². The maximum absolute atomic E-state index is 11.8. The van der Waals surface area contributed by atoms with E-state index in [-0.39, 0.29) is 5.91 Å². The van der Waals surface area contributed by atoms with Crippen molar-refractivity contribution < 1.29 is 4.79 Å². The van der Waals surface area contributed by atoms with Gasteiger partial charge in [-0.05, 0) is 28.1 Å². The van der Waals surface area contributed by atoms with Crippen molar-refractivity contribution in [2.45, 2.75) is 0 Å². The first-order valence-corrected chi connectivity index (χ1v) is 6.52. The predicted molar refractivity (Wildman–Crippen MR) is 78.4 cm³/mol. The van der Waals surface area contributed by atoms with Crippen LogP contribution in [0.25, 0.3) is 0 Å². The van der Waals surface area contributed by atoms with Gasteiger partial charge >= 0.3 is 0 Å². The molecule has 2 rings (SSSR count). The van der Waals surface area contributed by atoms with E-state index in [2.05, 4.69) is 31.4 Å². The van der Waals surface area contributed by atoms with Crippen molar-refractivity contribution in [2.24, 2.45) is 5.10 Å². The van der Waals surface area contributed by atoms with Gasteiger partial charge in [-0.25, -0.2) is 5.43 Å². The van der Waals surface area contributed by atoms with E-state index in [0.717, 1.165) is 10.0 Å². The molecule has 1 heterocycles. The standard InChI is InChI=1S/C13H9BrClN3O/c14-11-5-10(6-16-8-11)13(19)18-17-7-9-3-1-2-4-12(9)15/h1-8H,(H,18,19)/b17-7-. The highest BCUT2D eigenvalue weighted by Gasteiger charge is 2.04. The van der Waals surface area contributed by atoms with Crippen LogP contribution in [-0.2, 0) is 0 Å². The number of hydrogen-bond acceptors (Lipinski definition) is 3. The van der Waals surface area contributed by atoms with E-state index < -0.39 is 0 Å². The second kappa shape index (κ2) is 6.45. The lowest BCUT2D eigenvalue weighted by molar-refractivity contribution is 0.0954. The smallest absolute Gasteiger partial charge is 0.267 e. The van der Waals surface area contributed by atoms with Crippen molar-refractivity contribution in [1.82, 2.24) is 10.4 Å². The number of carbonyl (C=O) groups excluding carboxylic acids is 1. The van der Waals surface area contributed by atoms with E-state index in [1.165, 1.54) is 12.4 Å². The zero-order valence-corrected chi connectivity index (χ0v) is 12.0. The van der Waals surface area contributed by atoms with Crippen LogP contribution < -0.4 is 5.43 Å². The molecule has 1 amide bonds. The van der Waals surface area contributed by atoms with Gasteiger partial charge in [-0.3, -0.25) is 9.78 Å². The Morgan fingerprint density at radius 3 is 2.89 bits per heavy atom. The first-order valence-electron chi connectivity index (χ1n) is 5.35. The van der Waals surface area contributed by atoms with Gasteiger partial charge < -0.3 is 0 Å². The normalized spacial score (nSPS) is 10.6. The second-order valence-corrected chi connectivity index (χ2v) is 4.94. The van der Waals surface area contributed by atoms with Crippen LogP contribution in [-0.4, -0.2) is 17.1 Å². The molecule has 0 unspecified atom stereocenters. The average molecular weight is 339 g/mol. The Morgan fingerprint density at radius 1 is 1.37 bits per heavy atom. The molecule has 0 saturated heterocycles. The summed E-state index contributed by atoms with van der Waals surface area (Å²) in [6, 6.07) is 8.88. The number of nitrogens with zero attached hydrogens (tertiary/aromatic N) is 2. The number of carbonyl (C=O) groups is 1. The molecule has 1 aromatic carbocycles. The molecule has 0 radical (unpaired) electrons. The largest absolute Gasteiger partial charge is 0.272 e. The molecule has 2 aromatic rings. The summed E-state index contributed by atoms with van der Waals surface area (Å²) in [7, 11) is 0. The van der Waals surface area contributed by atoms with E-state index >= 15 is 0 Å². The number of pyridine rings is 1. The van der Waals surface area contributed by atoms with Crippen LogP contribution in [0.5, 0.6) is 0 Å². The lowest BCUT2D eigenvalue weighted by Gasteiger charge is -2.00. The predicted octanol–water partition coefficient (Wildman–Crippen LogP) is 3.26. The highest BCUT2D eigenvalue weighted by Crippen LogP contribution is 2.12. The minimum Gasteiger partial charge on any atom is -0.267 e. The fraction of sp³-hybridized carbons (Fsp3) is 0. The van der Waals surface area contributed by atoms with Crippen molar-refractivity contribution in [3.05, 3.63) is 63.3 Å². The van der Waals surface area contributed by atoms with Gasteiger partial charge in [0.2, 0.25) is 0 Å². The van der Waals surface area contributed by atoms with Crippen LogP contribution in [0.15, 0.2) is 52.3 Å². The van der Waals surface area contributed by atoms with Gasteiger partial charge in [0.25, 0.3) is 5.91 Å². The van der Waals surface area contributed by atoms with E-state index in [0.29, 0.717) is 10.6 Å². The quantitative estimate of drug-likeness (QED) is 0.690. The molecule has 0 atom stereocenters. The lowest BCUT2D eigenvalue weighted by atomic mass is 10.2. The molecule has 0 saturated carbocycles. The van der Waals surface area contributed by atoms with Gasteiger partial charge in [-0.1, -0.05) is 29.8 Å². The van der Waals surface area contributed by atoms with Crippen LogP contribution in [0.4, 0.5) is 0 Å². The molecule has 0 bridgehead atoms. The molecule has 1 N–H and O–H groups in total. The number of amides is 1. The van der Waals surface area contributed by atoms with E-state index in [4.69, 9.17) is 11.6 Å². The summed E-state index contributed by atoms with van der Waals surface area (Å²) in [6.07, 6.45) is 4.56. The average Bonchev–Trinajstić information content (AvgIpc) is 2.41. The van der Waals surface area contributed by atoms with Crippen molar-refractivity contribution in [3.63, 3.8) is 0 Å². The highest BCUT2D eigenvalue weighted by atomic mass is 79.9. The lowest BCUT2D eigenvalue weighted by Crippen LogP contribution is -2.17. The number of aromatic nitrogens is 1. The molecule has 0 aliphatic carbocycles. The third-order valence-corrected chi connectivity index (χ3v) is 3.02. The van der Waals surface area contributed by atoms with Gasteiger partial charge in [0.15, 0.2) is 0 Å². The van der Waals surface area contributed by atoms with Crippen molar-refractivity contribution in [1.29, 1.82) is 0 Å². The van der Waals surface area contributed by atoms with Crippen LogP contribution in [0, 0.1) is 0 Å². The van der Waals surface area contributed by atoms with Crippen LogP contribution in [0.1, 0.15) is 15.9 Å². The number of nitrogens with one attached hydrogen (secondary N) is 1. The van der Waals surface area contributed by atoms with Crippen LogP contribution in [0.3, 0.4) is 0 Å². The van der Waals surface area contributed by atoms with Crippen LogP contribution >= 0.6 is 27.5 Å². The first kappa shape index (κ1) is 13.7. The Hall–Kier alpha value is -1.72. The fourth-order valence-electron chi connectivity index (χ4n) is 1.34. The van der Waals surface area contributed by atoms with Gasteiger partial charge in [-0.15, -0.1) is 0 Å². The maximum Gasteiger partial charge on any atom is 0.272 e. The third kappa shape index (κ3) is 3.87. The monoisotopic (exact) mass is 337 g/mol. The van der Waals surface area contributed by atoms with E-state index in [1.54, 1.807) is 24.4 Å². The Balaban J connectivity index is 2.03. The topological polar surface area (TPSA) is 54.4 Å². The Bertz CT molecular complexity index is 631. The molecule has 0 spiro atoms. The van der Waals surface area contributed by atoms with Crippen molar-refractivity contribution in [3.8, 4) is 0 Å². The number of benzene rings is 1. The Kier molecular flexibility index (Phi) is 4.65. The summed E-state index contributed by atoms with van der Waals surface area (Å²) in [5, 5.41) is 4.43. The van der Waals surface area contributed by atoms with Gasteiger partial charge in [0, 0.05) is 27.5 Å². The highest BCUT2D eigenvalue weighted by molar-refractivity contribution is 9.10. The summed E-state index contributed by atoms with van der Waals surface area (Å²) in [4.78, 5) is 15.7. The molecular weight excluding hydrogens is 330 g/mol. The summed E-state index contributed by atoms with van der Waals surface area (Å²) >= 11 is 9.20. The molecule has 0 fully saturated rings. The minimum absolute atomic E-state index is 0.336. The molecule has 96 valence electrons. The number of rotatable bonds is 3. The summed E-state index contributed by atoms with van der Waals surface area (Å²) in [5.74, 6) is -0.336. The van der Waals surface area contributed by atoms with Gasteiger partial charge in [0.1, 0.15) is 0 Å². The second-order valence-electron chi connectivity index (χ2n) is 3.61. The summed E-state index contributed by atoms with van der Waals surface area (Å²) in [5.41, 5.74) is 3.57. The van der Waals surface area contributed by atoms with Crippen molar-refractivity contribution in [2.75, 3.05) is 0 Å². The first-order chi connectivity index (χ1) is 9.16. The summed E-state index contributed by atoms with van der Waals surface area (Å²) < 4.78 is 0.732. The molecule has 0 aliphatic heterocycles. The van der Waals surface area contributed by atoms with Crippen LogP contribution in [0.2, 0.25) is 5.02 Å². The van der Waals surface area contributed by atoms with E-state index in [9.17, 15) is 4.79 Å². The number of hydrogen-bond donors (Lipinski definition) is 1. The number of halogens is 2. The zero-order chi connectivity index (χ0) is 13.7. The Labute approximate surface area is 123 Å². The molecule has 1 aromatic heterocycles. The molecule has 19 heavy (non-hydrogen) atoms. The van der Waals surface area contributed by atoms with E-state index in [1.807, 2.05) is 12.1 Å². The maximum atomic E-state index is 11.8. The SMILES string of the molecule is O=C(N/N=C\c1ccccc1Cl)c1cncc(Br)c1. The molecule has 6 heteroatoms. The Morgan fingerprint density at radius 2 is 2.16 bits per heavy atom. The minimum atomic E-state index is -0.336. The molecule has 4 nitrogen and oxygen atoms in total. The fourth-order valence-corrected chi connectivity index (χ4v) is 1.89. The number of hydrazone groups is 1. The summed E-state index contributed by atoms with van der Waals surface area (Å²) in [6.45, 7) is 0. The zero-order valence-electron chi connectivity index (χ0n) is 9.68. The third-order valence-electron chi connectivity index (χ3n) is 2.24. The molecule has 0 aliphatic rings. The molecular formula is C13H9BrClN3O. The van der Waals surface area contributed by atoms with Gasteiger partial charge in [0.05, 0.1) is 11.8 Å². The van der Waals surface area contributed by atoms with Crippen molar-refractivity contribution >= 4 is 39.7 Å².